The van der Waals surface area contributed by atoms with E-state index in [2.05, 4.69) is 20.6 Å². The normalized spacial score (nSPS) is 10.2. The van der Waals surface area contributed by atoms with Gasteiger partial charge in [0.2, 0.25) is 0 Å². The second kappa shape index (κ2) is 3.69. The van der Waals surface area contributed by atoms with Crippen LogP contribution in [0.2, 0.25) is 0 Å². The van der Waals surface area contributed by atoms with Crippen LogP contribution in [0.25, 0.3) is 0 Å². The fraction of sp³-hybridized carbons (Fsp3) is 0.500. The minimum atomic E-state index is -3.02. The van der Waals surface area contributed by atoms with Gasteiger partial charge in [-0.15, -0.1) is 10.2 Å². The molecule has 0 aliphatic rings. The van der Waals surface area contributed by atoms with Crippen molar-refractivity contribution in [2.24, 2.45) is 0 Å². The quantitative estimate of drug-likeness (QED) is 0.625. The summed E-state index contributed by atoms with van der Waals surface area (Å²) in [5.74, 6) is -1.19. The fourth-order valence-electron chi connectivity index (χ4n) is 0.501. The molecule has 1 aromatic heterocycles. The van der Waals surface area contributed by atoms with Gasteiger partial charge in [0.15, 0.2) is 5.82 Å². The van der Waals surface area contributed by atoms with Crippen molar-refractivity contribution in [3.8, 4) is 0 Å². The molecule has 66 valence electrons. The molecule has 6 nitrogen and oxygen atoms in total. The van der Waals surface area contributed by atoms with E-state index in [1.165, 1.54) is 0 Å². The number of tetrazole rings is 1. The highest BCUT2D eigenvalue weighted by Gasteiger charge is 2.14. The monoisotopic (exact) mass is 177 g/mol. The summed E-state index contributed by atoms with van der Waals surface area (Å²) in [6.45, 7) is -0.153. The van der Waals surface area contributed by atoms with E-state index in [-0.39, 0.29) is 12.4 Å². The van der Waals surface area contributed by atoms with E-state index in [0.717, 1.165) is 0 Å². The smallest absolute Gasteiger partial charge is 0.315 e. The van der Waals surface area contributed by atoms with Gasteiger partial charge in [-0.2, -0.15) is 14.0 Å². The summed E-state index contributed by atoms with van der Waals surface area (Å²) in [5.41, 5.74) is 0. The van der Waals surface area contributed by atoms with Crippen LogP contribution in [0, 0.1) is 0 Å². The van der Waals surface area contributed by atoms with Crippen LogP contribution in [0.4, 0.5) is 8.78 Å². The fourth-order valence-corrected chi connectivity index (χ4v) is 0.501. The Morgan fingerprint density at radius 3 is 2.92 bits per heavy atom. The van der Waals surface area contributed by atoms with E-state index in [1.54, 1.807) is 0 Å². The molecule has 0 aliphatic carbocycles. The van der Waals surface area contributed by atoms with Crippen molar-refractivity contribution >= 4 is 5.91 Å². The molecule has 8 heteroatoms. The van der Waals surface area contributed by atoms with Gasteiger partial charge in [0.1, 0.15) is 0 Å². The van der Waals surface area contributed by atoms with E-state index in [0.29, 0.717) is 0 Å². The summed E-state index contributed by atoms with van der Waals surface area (Å²) in [6, 6.07) is 0. The van der Waals surface area contributed by atoms with E-state index in [1.807, 2.05) is 5.32 Å². The van der Waals surface area contributed by atoms with Crippen molar-refractivity contribution in [2.45, 2.75) is 13.0 Å². The Balaban J connectivity index is 2.32. The molecule has 1 aromatic rings. The van der Waals surface area contributed by atoms with Crippen molar-refractivity contribution in [1.29, 1.82) is 0 Å². The Morgan fingerprint density at radius 1 is 1.67 bits per heavy atom. The van der Waals surface area contributed by atoms with Crippen molar-refractivity contribution < 1.29 is 13.6 Å². The molecule has 1 amide bonds. The summed E-state index contributed by atoms with van der Waals surface area (Å²) in [6.07, 6.45) is -3.02. The molecular weight excluding hydrogens is 172 g/mol. The van der Waals surface area contributed by atoms with Crippen molar-refractivity contribution in [2.75, 3.05) is 0 Å². The first kappa shape index (κ1) is 8.50. The number of nitrogens with zero attached hydrogens (tertiary/aromatic N) is 3. The number of aromatic nitrogens is 4. The zero-order valence-electron chi connectivity index (χ0n) is 5.79. The molecule has 0 atom stereocenters. The minimum absolute atomic E-state index is 0.153. The number of aromatic amines is 1. The summed E-state index contributed by atoms with van der Waals surface area (Å²) in [5, 5.41) is 14.1. The first-order valence-electron chi connectivity index (χ1n) is 2.98. The zero-order chi connectivity index (χ0) is 8.97. The second-order valence-corrected chi connectivity index (χ2v) is 1.85. The second-order valence-electron chi connectivity index (χ2n) is 1.85. The highest BCUT2D eigenvalue weighted by Crippen LogP contribution is 1.91. The van der Waals surface area contributed by atoms with Crippen LogP contribution in [-0.4, -0.2) is 33.0 Å². The minimum Gasteiger partial charge on any atom is -0.344 e. The van der Waals surface area contributed by atoms with Crippen LogP contribution < -0.4 is 5.32 Å². The van der Waals surface area contributed by atoms with E-state index in [9.17, 15) is 13.6 Å². The van der Waals surface area contributed by atoms with E-state index < -0.39 is 12.3 Å². The van der Waals surface area contributed by atoms with Gasteiger partial charge < -0.3 is 5.32 Å². The largest absolute Gasteiger partial charge is 0.344 e. The molecule has 0 bridgehead atoms. The Hall–Kier alpha value is -1.60. The standard InChI is InChI=1S/C4H5F2N5O/c5-3(6)4(12)7-1-2-8-10-11-9-2/h3H,1H2,(H,7,12)(H,8,9,10,11). The van der Waals surface area contributed by atoms with Gasteiger partial charge in [-0.05, 0) is 0 Å². The molecule has 12 heavy (non-hydrogen) atoms. The van der Waals surface area contributed by atoms with Crippen LogP contribution in [-0.2, 0) is 11.3 Å². The molecule has 2 N–H and O–H groups in total. The lowest BCUT2D eigenvalue weighted by Crippen LogP contribution is -2.29. The van der Waals surface area contributed by atoms with Crippen LogP contribution >= 0.6 is 0 Å². The van der Waals surface area contributed by atoms with E-state index in [4.69, 9.17) is 0 Å². The van der Waals surface area contributed by atoms with Crippen LogP contribution in [0.1, 0.15) is 5.82 Å². The number of carbonyl (C=O) groups is 1. The average Bonchev–Trinajstić information content (AvgIpc) is 2.51. The van der Waals surface area contributed by atoms with Gasteiger partial charge in [0.05, 0.1) is 6.54 Å². The molecule has 0 saturated carbocycles. The summed E-state index contributed by atoms with van der Waals surface area (Å²) >= 11 is 0. The number of rotatable bonds is 3. The number of amides is 1. The predicted molar refractivity (Wildman–Crippen MR) is 32.0 cm³/mol. The maximum absolute atomic E-state index is 11.6. The first-order chi connectivity index (χ1) is 5.70. The van der Waals surface area contributed by atoms with Crippen molar-refractivity contribution in [3.05, 3.63) is 5.82 Å². The Bertz CT molecular complexity index is 248. The van der Waals surface area contributed by atoms with Crippen LogP contribution in [0.15, 0.2) is 0 Å². The number of H-pyrrole nitrogens is 1. The molecule has 1 heterocycles. The van der Waals surface area contributed by atoms with Crippen molar-refractivity contribution in [3.63, 3.8) is 0 Å². The summed E-state index contributed by atoms with van der Waals surface area (Å²) in [4.78, 5) is 10.3. The molecule has 1 rings (SSSR count). The summed E-state index contributed by atoms with van der Waals surface area (Å²) < 4.78 is 23.2. The molecule has 0 unspecified atom stereocenters. The predicted octanol–water partition coefficient (Wildman–Crippen LogP) is -0.919. The van der Waals surface area contributed by atoms with Crippen LogP contribution in [0.5, 0.6) is 0 Å². The molecule has 0 fully saturated rings. The third kappa shape index (κ3) is 2.22. The first-order valence-corrected chi connectivity index (χ1v) is 2.98. The molecule has 0 saturated heterocycles. The highest BCUT2D eigenvalue weighted by atomic mass is 19.3. The lowest BCUT2D eigenvalue weighted by Gasteiger charge is -1.98. The number of hydrogen-bond acceptors (Lipinski definition) is 4. The third-order valence-corrected chi connectivity index (χ3v) is 1.01. The maximum atomic E-state index is 11.6. The van der Waals surface area contributed by atoms with Gasteiger partial charge in [0, 0.05) is 0 Å². The number of hydrogen-bond donors (Lipinski definition) is 2. The lowest BCUT2D eigenvalue weighted by atomic mass is 10.5. The van der Waals surface area contributed by atoms with Gasteiger partial charge in [-0.3, -0.25) is 4.79 Å². The molecule has 0 aromatic carbocycles. The number of alkyl halides is 2. The van der Waals surface area contributed by atoms with Gasteiger partial charge in [-0.1, -0.05) is 5.21 Å². The average molecular weight is 177 g/mol. The Kier molecular flexibility index (Phi) is 2.62. The van der Waals surface area contributed by atoms with Crippen molar-refractivity contribution in [1.82, 2.24) is 25.9 Å². The molecular formula is C4H5F2N5O. The molecule has 0 radical (unpaired) electrons. The Labute approximate surface area is 65.3 Å². The number of carbonyl (C=O) groups excluding carboxylic acids is 1. The zero-order valence-corrected chi connectivity index (χ0v) is 5.79. The number of nitrogens with one attached hydrogen (secondary N) is 2. The van der Waals surface area contributed by atoms with E-state index >= 15 is 0 Å². The summed E-state index contributed by atoms with van der Waals surface area (Å²) in [7, 11) is 0. The Morgan fingerprint density at radius 2 is 2.42 bits per heavy atom. The van der Waals surface area contributed by atoms with Gasteiger partial charge >= 0.3 is 6.43 Å². The van der Waals surface area contributed by atoms with Gasteiger partial charge in [0.25, 0.3) is 5.91 Å². The third-order valence-electron chi connectivity index (χ3n) is 1.01. The number of halogens is 2. The molecule has 0 aliphatic heterocycles. The van der Waals surface area contributed by atoms with Crippen LogP contribution in [0.3, 0.4) is 0 Å². The lowest BCUT2D eigenvalue weighted by molar-refractivity contribution is -0.131. The SMILES string of the molecule is O=C(NCc1nn[nH]n1)C(F)F. The highest BCUT2D eigenvalue weighted by molar-refractivity contribution is 5.78. The van der Waals surface area contributed by atoms with Gasteiger partial charge in [-0.25, -0.2) is 0 Å². The topological polar surface area (TPSA) is 83.6 Å². The molecule has 0 spiro atoms. The maximum Gasteiger partial charge on any atom is 0.315 e.